The third-order valence-corrected chi connectivity index (χ3v) is 3.51. The zero-order valence-corrected chi connectivity index (χ0v) is 12.0. The van der Waals surface area contributed by atoms with Gasteiger partial charge in [0.05, 0.1) is 22.7 Å². The molecule has 0 unspecified atom stereocenters. The van der Waals surface area contributed by atoms with Crippen molar-refractivity contribution in [2.24, 2.45) is 0 Å². The Hall–Kier alpha value is -2.67. The molecule has 4 nitrogen and oxygen atoms in total. The first-order valence-corrected chi connectivity index (χ1v) is 7.15. The highest BCUT2D eigenvalue weighted by molar-refractivity contribution is 5.81. The van der Waals surface area contributed by atoms with Crippen LogP contribution >= 0.6 is 0 Å². The maximum absolute atomic E-state index is 9.03. The van der Waals surface area contributed by atoms with Crippen molar-refractivity contribution >= 4 is 11.0 Å². The molecule has 0 aliphatic rings. The second-order valence-corrected chi connectivity index (χ2v) is 4.97. The number of nitrogens with zero attached hydrogens (tertiary/aromatic N) is 4. The zero-order chi connectivity index (χ0) is 14.7. The highest BCUT2D eigenvalue weighted by Gasteiger charge is 2.13. The van der Waals surface area contributed by atoms with Crippen LogP contribution in [0.3, 0.4) is 0 Å². The monoisotopic (exact) mass is 276 g/mol. The second-order valence-electron chi connectivity index (χ2n) is 4.97. The molecule has 0 spiro atoms. The van der Waals surface area contributed by atoms with Gasteiger partial charge in [-0.15, -0.1) is 0 Å². The van der Waals surface area contributed by atoms with E-state index in [1.165, 1.54) is 0 Å². The Labute approximate surface area is 123 Å². The standard InChI is InChI=1S/C17H16N4/c1-2-3-10-21-16-8-7-13(12-18)11-15(16)20-17(21)14-6-4-5-9-19-14/h4-9,11H,2-3,10H2,1H3. The Morgan fingerprint density at radius 1 is 1.24 bits per heavy atom. The molecule has 0 atom stereocenters. The van der Waals surface area contributed by atoms with E-state index in [0.717, 1.165) is 41.9 Å². The summed E-state index contributed by atoms with van der Waals surface area (Å²) in [6.07, 6.45) is 3.99. The average Bonchev–Trinajstić information content (AvgIpc) is 2.91. The third-order valence-electron chi connectivity index (χ3n) is 3.51. The SMILES string of the molecule is CCCCn1c(-c2ccccn2)nc2cc(C#N)ccc21. The molecule has 0 saturated heterocycles. The summed E-state index contributed by atoms with van der Waals surface area (Å²) in [7, 11) is 0. The Balaban J connectivity index is 2.20. The van der Waals surface area contributed by atoms with E-state index in [0.29, 0.717) is 5.56 Å². The van der Waals surface area contributed by atoms with Crippen LogP contribution in [0.5, 0.6) is 0 Å². The molecule has 0 fully saturated rings. The van der Waals surface area contributed by atoms with Crippen molar-refractivity contribution in [1.82, 2.24) is 14.5 Å². The molecule has 3 aromatic rings. The minimum Gasteiger partial charge on any atom is -0.323 e. The van der Waals surface area contributed by atoms with E-state index >= 15 is 0 Å². The van der Waals surface area contributed by atoms with E-state index in [2.05, 4.69) is 22.5 Å². The van der Waals surface area contributed by atoms with Gasteiger partial charge >= 0.3 is 0 Å². The van der Waals surface area contributed by atoms with Gasteiger partial charge in [-0.2, -0.15) is 5.26 Å². The van der Waals surface area contributed by atoms with E-state index in [1.807, 2.05) is 36.4 Å². The maximum Gasteiger partial charge on any atom is 0.159 e. The van der Waals surface area contributed by atoms with E-state index in [4.69, 9.17) is 10.2 Å². The summed E-state index contributed by atoms with van der Waals surface area (Å²) in [5, 5.41) is 9.03. The van der Waals surface area contributed by atoms with Crippen molar-refractivity contribution < 1.29 is 0 Å². The van der Waals surface area contributed by atoms with Gasteiger partial charge in [-0.05, 0) is 36.8 Å². The number of imidazole rings is 1. The molecule has 1 aromatic carbocycles. The molecule has 0 aliphatic carbocycles. The van der Waals surface area contributed by atoms with Crippen LogP contribution in [0.15, 0.2) is 42.6 Å². The Morgan fingerprint density at radius 3 is 2.86 bits per heavy atom. The molecule has 4 heteroatoms. The van der Waals surface area contributed by atoms with Crippen LogP contribution in [0, 0.1) is 11.3 Å². The number of hydrogen-bond donors (Lipinski definition) is 0. The number of fused-ring (bicyclic) bond motifs is 1. The third kappa shape index (κ3) is 2.50. The normalized spacial score (nSPS) is 10.7. The average molecular weight is 276 g/mol. The lowest BCUT2D eigenvalue weighted by Gasteiger charge is -2.07. The lowest BCUT2D eigenvalue weighted by molar-refractivity contribution is 0.650. The quantitative estimate of drug-likeness (QED) is 0.728. The van der Waals surface area contributed by atoms with Crippen molar-refractivity contribution in [3.63, 3.8) is 0 Å². The number of pyridine rings is 1. The van der Waals surface area contributed by atoms with E-state index in [9.17, 15) is 0 Å². The van der Waals surface area contributed by atoms with Crippen LogP contribution in [0.4, 0.5) is 0 Å². The van der Waals surface area contributed by atoms with Crippen LogP contribution in [0.1, 0.15) is 25.3 Å². The van der Waals surface area contributed by atoms with Crippen molar-refractivity contribution in [2.75, 3.05) is 0 Å². The van der Waals surface area contributed by atoms with Gasteiger partial charge in [0, 0.05) is 12.7 Å². The van der Waals surface area contributed by atoms with E-state index in [1.54, 1.807) is 6.20 Å². The van der Waals surface area contributed by atoms with Crippen LogP contribution in [-0.2, 0) is 6.54 Å². The number of aryl methyl sites for hydroxylation is 1. The number of hydrogen-bond acceptors (Lipinski definition) is 3. The number of rotatable bonds is 4. The zero-order valence-electron chi connectivity index (χ0n) is 12.0. The first-order chi connectivity index (χ1) is 10.3. The summed E-state index contributed by atoms with van der Waals surface area (Å²) in [6.45, 7) is 3.08. The predicted octanol–water partition coefficient (Wildman–Crippen LogP) is 3.77. The smallest absolute Gasteiger partial charge is 0.159 e. The van der Waals surface area contributed by atoms with Gasteiger partial charge in [-0.25, -0.2) is 4.98 Å². The fraction of sp³-hybridized carbons (Fsp3) is 0.235. The van der Waals surface area contributed by atoms with Crippen molar-refractivity contribution in [1.29, 1.82) is 5.26 Å². The van der Waals surface area contributed by atoms with Gasteiger partial charge in [0.1, 0.15) is 5.69 Å². The Morgan fingerprint density at radius 2 is 2.14 bits per heavy atom. The Kier molecular flexibility index (Phi) is 3.65. The van der Waals surface area contributed by atoms with Gasteiger partial charge in [-0.3, -0.25) is 4.98 Å². The lowest BCUT2D eigenvalue weighted by atomic mass is 10.2. The van der Waals surface area contributed by atoms with Crippen LogP contribution in [-0.4, -0.2) is 14.5 Å². The highest BCUT2D eigenvalue weighted by Crippen LogP contribution is 2.24. The van der Waals surface area contributed by atoms with Crippen LogP contribution < -0.4 is 0 Å². The fourth-order valence-electron chi connectivity index (χ4n) is 2.43. The molecule has 0 radical (unpaired) electrons. The van der Waals surface area contributed by atoms with Crippen LogP contribution in [0.25, 0.3) is 22.6 Å². The predicted molar refractivity (Wildman–Crippen MR) is 82.6 cm³/mol. The maximum atomic E-state index is 9.03. The molecule has 0 N–H and O–H groups in total. The van der Waals surface area contributed by atoms with Gasteiger partial charge in [0.25, 0.3) is 0 Å². The van der Waals surface area contributed by atoms with Crippen LogP contribution in [0.2, 0.25) is 0 Å². The molecule has 0 aliphatic heterocycles. The summed E-state index contributed by atoms with van der Waals surface area (Å²) < 4.78 is 2.20. The number of nitriles is 1. The molecule has 104 valence electrons. The fourth-order valence-corrected chi connectivity index (χ4v) is 2.43. The van der Waals surface area contributed by atoms with Crippen molar-refractivity contribution in [3.8, 4) is 17.6 Å². The second kappa shape index (κ2) is 5.76. The largest absolute Gasteiger partial charge is 0.323 e. The van der Waals surface area contributed by atoms with Gasteiger partial charge in [0.15, 0.2) is 5.82 Å². The first kappa shape index (κ1) is 13.3. The summed E-state index contributed by atoms with van der Waals surface area (Å²) in [5.74, 6) is 0.870. The number of aromatic nitrogens is 3. The molecular formula is C17H16N4. The topological polar surface area (TPSA) is 54.5 Å². The van der Waals surface area contributed by atoms with Gasteiger partial charge < -0.3 is 4.57 Å². The summed E-state index contributed by atoms with van der Waals surface area (Å²) in [5.41, 5.74) is 3.41. The van der Waals surface area contributed by atoms with Gasteiger partial charge in [0.2, 0.25) is 0 Å². The summed E-state index contributed by atoms with van der Waals surface area (Å²) >= 11 is 0. The van der Waals surface area contributed by atoms with Crippen molar-refractivity contribution in [2.45, 2.75) is 26.3 Å². The van der Waals surface area contributed by atoms with E-state index in [-0.39, 0.29) is 0 Å². The highest BCUT2D eigenvalue weighted by atomic mass is 15.1. The number of unbranched alkanes of at least 4 members (excludes halogenated alkanes) is 1. The molecule has 0 saturated carbocycles. The van der Waals surface area contributed by atoms with E-state index < -0.39 is 0 Å². The molecule has 21 heavy (non-hydrogen) atoms. The molecule has 2 aromatic heterocycles. The summed E-state index contributed by atoms with van der Waals surface area (Å²) in [4.78, 5) is 9.10. The van der Waals surface area contributed by atoms with Gasteiger partial charge in [-0.1, -0.05) is 19.4 Å². The molecule has 0 bridgehead atoms. The summed E-state index contributed by atoms with van der Waals surface area (Å²) in [6, 6.07) is 13.7. The molecule has 0 amide bonds. The Bertz CT molecular complexity index is 797. The van der Waals surface area contributed by atoms with Crippen molar-refractivity contribution in [3.05, 3.63) is 48.2 Å². The molecule has 2 heterocycles. The molecule has 3 rings (SSSR count). The molecular weight excluding hydrogens is 260 g/mol. The minimum absolute atomic E-state index is 0.634. The first-order valence-electron chi connectivity index (χ1n) is 7.15. The number of benzene rings is 1. The lowest BCUT2D eigenvalue weighted by Crippen LogP contribution is -2.01. The minimum atomic E-state index is 0.634.